The Labute approximate surface area is 335 Å². The number of amides is 5. The minimum Gasteiger partial charge on any atom is -0.494 e. The van der Waals surface area contributed by atoms with E-state index < -0.39 is 81.2 Å². The fraction of sp³-hybridized carbons (Fsp3) is 0.447. The average molecular weight is 823 g/mol. The molecule has 0 unspecified atom stereocenters. The molecule has 302 valence electrons. The fourth-order valence-electron chi connectivity index (χ4n) is 7.38. The van der Waals surface area contributed by atoms with Crippen molar-refractivity contribution in [2.24, 2.45) is 11.3 Å². The Morgan fingerprint density at radius 3 is 2.58 bits per heavy atom. The number of nitrogens with zero attached hydrogens (tertiary/aromatic N) is 2. The number of anilines is 1. The Morgan fingerprint density at radius 2 is 1.91 bits per heavy atom. The summed E-state index contributed by atoms with van der Waals surface area (Å²) in [5, 5.41) is 19.4. The number of carbonyl (C=O) groups excluding carboxylic acids is 4. The molecule has 57 heavy (non-hydrogen) atoms. The molecular weight excluding hydrogens is 779 g/mol. The number of likely N-dealkylation sites (tertiary alicyclic amines) is 1. The first-order valence-corrected chi connectivity index (χ1v) is 20.5. The van der Waals surface area contributed by atoms with Crippen LogP contribution in [0.15, 0.2) is 55.3 Å². The number of benzene rings is 2. The van der Waals surface area contributed by atoms with Gasteiger partial charge in [0.05, 0.1) is 31.7 Å². The number of nitrogens with one attached hydrogen (secondary N) is 4. The van der Waals surface area contributed by atoms with Crippen molar-refractivity contribution < 1.29 is 46.7 Å². The van der Waals surface area contributed by atoms with E-state index >= 15 is 0 Å². The molecule has 5 amide bonds. The highest BCUT2D eigenvalue weighted by Crippen LogP contribution is 2.46. The number of halogens is 1. The molecule has 2 aliphatic carbocycles. The molecule has 2 aliphatic heterocycles. The first-order chi connectivity index (χ1) is 26.9. The van der Waals surface area contributed by atoms with Crippen LogP contribution in [-0.2, 0) is 35.7 Å². The largest absolute Gasteiger partial charge is 0.494 e. The second-order valence-corrected chi connectivity index (χ2v) is 18.4. The van der Waals surface area contributed by atoms with Crippen molar-refractivity contribution >= 4 is 74.4 Å². The van der Waals surface area contributed by atoms with Crippen LogP contribution in [0.2, 0.25) is 5.02 Å². The van der Waals surface area contributed by atoms with Crippen LogP contribution >= 0.6 is 11.6 Å². The van der Waals surface area contributed by atoms with Gasteiger partial charge in [0, 0.05) is 33.8 Å². The predicted octanol–water partition coefficient (Wildman–Crippen LogP) is 2.37. The van der Waals surface area contributed by atoms with Gasteiger partial charge in [-0.25, -0.2) is 18.2 Å². The summed E-state index contributed by atoms with van der Waals surface area (Å²) in [6, 6.07) is 6.96. The van der Waals surface area contributed by atoms with Crippen molar-refractivity contribution in [3.05, 3.63) is 65.8 Å². The van der Waals surface area contributed by atoms with Gasteiger partial charge in [0.2, 0.25) is 27.7 Å². The van der Waals surface area contributed by atoms with Crippen LogP contribution in [0.25, 0.3) is 10.8 Å². The van der Waals surface area contributed by atoms with Crippen LogP contribution in [0.5, 0.6) is 11.6 Å². The quantitative estimate of drug-likeness (QED) is 0.132. The monoisotopic (exact) mass is 822 g/mol. The Kier molecular flexibility index (Phi) is 10.7. The molecule has 3 heterocycles. The van der Waals surface area contributed by atoms with Crippen molar-refractivity contribution in [3.63, 3.8) is 0 Å². The predicted molar refractivity (Wildman–Crippen MR) is 211 cm³/mol. The van der Waals surface area contributed by atoms with Gasteiger partial charge in [-0.15, -0.1) is 6.58 Å². The van der Waals surface area contributed by atoms with E-state index in [0.717, 1.165) is 5.56 Å². The van der Waals surface area contributed by atoms with Crippen LogP contribution in [0.4, 0.5) is 10.5 Å². The summed E-state index contributed by atoms with van der Waals surface area (Å²) < 4.78 is 44.8. The molecule has 0 spiro atoms. The number of methoxy groups -OCH3 is 1. The Morgan fingerprint density at radius 1 is 1.16 bits per heavy atom. The lowest BCUT2D eigenvalue weighted by Crippen LogP contribution is -2.60. The van der Waals surface area contributed by atoms with Crippen LogP contribution in [0.1, 0.15) is 52.0 Å². The molecule has 2 aromatic carbocycles. The molecule has 16 nitrogen and oxygen atoms in total. The maximum atomic E-state index is 14.7. The van der Waals surface area contributed by atoms with Gasteiger partial charge in [-0.2, -0.15) is 0 Å². The lowest BCUT2D eigenvalue weighted by molar-refractivity contribution is -0.142. The zero-order valence-electron chi connectivity index (χ0n) is 31.8. The minimum atomic E-state index is -3.94. The molecule has 1 saturated heterocycles. The van der Waals surface area contributed by atoms with Gasteiger partial charge in [0.1, 0.15) is 29.5 Å². The van der Waals surface area contributed by atoms with Gasteiger partial charge < -0.3 is 40.0 Å². The van der Waals surface area contributed by atoms with Gasteiger partial charge in [0.15, 0.2) is 0 Å². The molecule has 5 atom stereocenters. The smallest absolute Gasteiger partial charge is 0.491 e. The fourth-order valence-corrected chi connectivity index (χ4v) is 8.91. The standard InChI is InChI=1S/C38H44BClN6O10S/c1-6-21-16-38(21,35(49)45-57(52,53)25-10-11-25)44-32(47)29-15-24(56-33-27-13-22(40)8-12-26(27)30(54-5)17-41-33)18-46(29)34(48)31(37(2,3)4)43-36(50)42-23-9-7-20-19-55-39(51)28(20)14-23/h6-9,12-14,17,21,24-25,29,31,51H,1,10-11,15-16,18-19H2,2-5H3,(H,44,47)(H,45,49)(H2,42,43,50)/t21-,24-,29+,31-,38-/m1/s1. The third-order valence-electron chi connectivity index (χ3n) is 10.8. The molecule has 2 saturated carbocycles. The van der Waals surface area contributed by atoms with Crippen molar-refractivity contribution in [1.82, 2.24) is 25.2 Å². The highest BCUT2D eigenvalue weighted by Gasteiger charge is 2.62. The molecule has 0 bridgehead atoms. The summed E-state index contributed by atoms with van der Waals surface area (Å²) in [7, 11) is -3.56. The number of sulfonamides is 1. The highest BCUT2D eigenvalue weighted by molar-refractivity contribution is 7.91. The second-order valence-electron chi connectivity index (χ2n) is 16.0. The summed E-state index contributed by atoms with van der Waals surface area (Å²) in [5.41, 5.74) is -0.837. The van der Waals surface area contributed by atoms with Crippen LogP contribution in [-0.4, -0.2) is 96.8 Å². The maximum Gasteiger partial charge on any atom is 0.491 e. The summed E-state index contributed by atoms with van der Waals surface area (Å²) in [4.78, 5) is 61.9. The van der Waals surface area contributed by atoms with Crippen molar-refractivity contribution in [3.8, 4) is 11.6 Å². The number of aromatic nitrogens is 1. The molecule has 1 aromatic heterocycles. The number of ether oxygens (including phenoxy) is 2. The number of urea groups is 1. The number of rotatable bonds is 12. The van der Waals surface area contributed by atoms with Crippen LogP contribution < -0.4 is 35.6 Å². The molecule has 0 radical (unpaired) electrons. The van der Waals surface area contributed by atoms with E-state index in [0.29, 0.717) is 45.5 Å². The van der Waals surface area contributed by atoms with E-state index in [1.165, 1.54) is 24.3 Å². The van der Waals surface area contributed by atoms with E-state index in [4.69, 9.17) is 25.7 Å². The lowest BCUT2D eigenvalue weighted by atomic mass is 9.79. The van der Waals surface area contributed by atoms with E-state index in [1.807, 2.05) is 0 Å². The molecule has 7 rings (SSSR count). The normalized spacial score (nSPS) is 23.3. The third kappa shape index (κ3) is 8.13. The van der Waals surface area contributed by atoms with Gasteiger partial charge in [-0.05, 0) is 66.0 Å². The summed E-state index contributed by atoms with van der Waals surface area (Å²) >= 11 is 6.35. The van der Waals surface area contributed by atoms with E-state index in [-0.39, 0.29) is 31.9 Å². The van der Waals surface area contributed by atoms with Crippen LogP contribution in [0, 0.1) is 11.3 Å². The zero-order chi connectivity index (χ0) is 41.0. The van der Waals surface area contributed by atoms with Crippen LogP contribution in [0.3, 0.4) is 0 Å². The summed E-state index contributed by atoms with van der Waals surface area (Å²) in [5.74, 6) is -2.11. The van der Waals surface area contributed by atoms with E-state index in [2.05, 4.69) is 32.2 Å². The topological polar surface area (TPSA) is 215 Å². The molecular formula is C38H44BClN6O10S. The zero-order valence-corrected chi connectivity index (χ0v) is 33.4. The highest BCUT2D eigenvalue weighted by atomic mass is 35.5. The Balaban J connectivity index is 1.17. The third-order valence-corrected chi connectivity index (χ3v) is 12.9. The molecule has 4 aliphatic rings. The van der Waals surface area contributed by atoms with Crippen molar-refractivity contribution in [2.45, 2.75) is 82.0 Å². The molecule has 3 aromatic rings. The molecule has 3 fully saturated rings. The SMILES string of the molecule is C=C[C@@H]1C[C@]1(NC(=O)[C@@H]1C[C@@H](Oc2ncc(OC)c3ccc(Cl)cc23)CN1C(=O)[C@@H](NC(=O)Nc1ccc2c(c1)B(O)OC2)C(C)(C)C)C(=O)NS(=O)(=O)C1CC1. The van der Waals surface area contributed by atoms with Crippen molar-refractivity contribution in [2.75, 3.05) is 19.0 Å². The summed E-state index contributed by atoms with van der Waals surface area (Å²) in [6.07, 6.45) is 3.08. The maximum absolute atomic E-state index is 14.7. The number of hydrogen-bond donors (Lipinski definition) is 5. The van der Waals surface area contributed by atoms with E-state index in [1.54, 1.807) is 57.2 Å². The van der Waals surface area contributed by atoms with E-state index in [9.17, 15) is 32.6 Å². The number of pyridine rings is 1. The second kappa shape index (κ2) is 15.1. The van der Waals surface area contributed by atoms with Crippen molar-refractivity contribution in [1.29, 1.82) is 0 Å². The van der Waals surface area contributed by atoms with Gasteiger partial charge in [-0.1, -0.05) is 44.5 Å². The summed E-state index contributed by atoms with van der Waals surface area (Å²) in [6.45, 7) is 9.15. The Hall–Kier alpha value is -4.91. The number of hydrogen-bond acceptors (Lipinski definition) is 11. The minimum absolute atomic E-state index is 0.0489. The molecule has 5 N–H and O–H groups in total. The van der Waals surface area contributed by atoms with Gasteiger partial charge in [-0.3, -0.25) is 19.1 Å². The average Bonchev–Trinajstić information content (AvgIpc) is 4.06. The first-order valence-electron chi connectivity index (χ1n) is 18.5. The number of carbonyl (C=O) groups is 4. The van der Waals surface area contributed by atoms with Gasteiger partial charge >= 0.3 is 13.1 Å². The number of fused-ring (bicyclic) bond motifs is 2. The lowest BCUT2D eigenvalue weighted by Gasteiger charge is -2.35. The van der Waals surface area contributed by atoms with Gasteiger partial charge in [0.25, 0.3) is 5.91 Å². The first kappa shape index (κ1) is 40.3. The molecule has 19 heteroatoms. The Bertz CT molecular complexity index is 2270.